The highest BCUT2D eigenvalue weighted by molar-refractivity contribution is 8.00. The Morgan fingerprint density at radius 2 is 1.88 bits per heavy atom. The Kier molecular flexibility index (Phi) is 7.01. The molecule has 0 fully saturated rings. The molecule has 2 aromatic rings. The van der Waals surface area contributed by atoms with E-state index in [1.807, 2.05) is 31.2 Å². The molecule has 6 heteroatoms. The van der Waals surface area contributed by atoms with Crippen LogP contribution >= 0.6 is 11.8 Å². The molecule has 0 saturated carbocycles. The Balaban J connectivity index is 1.97. The van der Waals surface area contributed by atoms with Gasteiger partial charge in [0.15, 0.2) is 0 Å². The van der Waals surface area contributed by atoms with Crippen LogP contribution in [0.15, 0.2) is 53.4 Å². The Labute approximate surface area is 151 Å². The van der Waals surface area contributed by atoms with Crippen LogP contribution in [0.5, 0.6) is 0 Å². The summed E-state index contributed by atoms with van der Waals surface area (Å²) in [6.45, 7) is 3.70. The largest absolute Gasteiger partial charge is 0.326 e. The van der Waals surface area contributed by atoms with Gasteiger partial charge in [0.2, 0.25) is 11.8 Å². The number of thioether (sulfide) groups is 1. The Hall–Kier alpha value is -2.34. The van der Waals surface area contributed by atoms with Gasteiger partial charge in [0.1, 0.15) is 5.82 Å². The number of nitrogens with one attached hydrogen (secondary N) is 2. The smallest absolute Gasteiger partial charge is 0.237 e. The van der Waals surface area contributed by atoms with Crippen molar-refractivity contribution in [1.29, 1.82) is 0 Å². The molecular weight excluding hydrogens is 339 g/mol. The molecule has 1 unspecified atom stereocenters. The molecule has 0 radical (unpaired) electrons. The Morgan fingerprint density at radius 1 is 1.12 bits per heavy atom. The minimum Gasteiger partial charge on any atom is -0.326 e. The monoisotopic (exact) mass is 360 g/mol. The lowest BCUT2D eigenvalue weighted by Crippen LogP contribution is -2.22. The molecule has 2 rings (SSSR count). The average Bonchev–Trinajstić information content (AvgIpc) is 2.57. The number of carbonyl (C=O) groups is 2. The van der Waals surface area contributed by atoms with Crippen LogP contribution in [-0.2, 0) is 9.59 Å². The minimum atomic E-state index is -0.464. The summed E-state index contributed by atoms with van der Waals surface area (Å²) < 4.78 is 13.6. The standard InChI is InChI=1S/C19H21FN2O2S/c1-3-7-18(23)21-14-8-6-9-15(12-14)25-13(2)19(24)22-17-11-5-4-10-16(17)20/h4-6,8-13H,3,7H2,1-2H3,(H,21,23)(H,22,24). The highest BCUT2D eigenvalue weighted by Crippen LogP contribution is 2.27. The summed E-state index contributed by atoms with van der Waals surface area (Å²) in [4.78, 5) is 24.8. The number of anilines is 2. The summed E-state index contributed by atoms with van der Waals surface area (Å²) in [5.74, 6) is -0.779. The van der Waals surface area contributed by atoms with Gasteiger partial charge in [-0.15, -0.1) is 11.8 Å². The second-order valence-corrected chi connectivity index (χ2v) is 6.97. The van der Waals surface area contributed by atoms with E-state index in [1.54, 1.807) is 19.1 Å². The molecule has 25 heavy (non-hydrogen) atoms. The molecule has 2 aromatic carbocycles. The summed E-state index contributed by atoms with van der Waals surface area (Å²) in [7, 11) is 0. The van der Waals surface area contributed by atoms with Crippen LogP contribution in [-0.4, -0.2) is 17.1 Å². The van der Waals surface area contributed by atoms with E-state index < -0.39 is 11.1 Å². The zero-order valence-electron chi connectivity index (χ0n) is 14.2. The number of hydrogen-bond donors (Lipinski definition) is 2. The molecule has 0 aliphatic heterocycles. The summed E-state index contributed by atoms with van der Waals surface area (Å²) in [6.07, 6.45) is 1.26. The number of amides is 2. The van der Waals surface area contributed by atoms with Crippen molar-refractivity contribution in [3.8, 4) is 0 Å². The van der Waals surface area contributed by atoms with Gasteiger partial charge >= 0.3 is 0 Å². The van der Waals surface area contributed by atoms with Crippen molar-refractivity contribution < 1.29 is 14.0 Å². The lowest BCUT2D eigenvalue weighted by Gasteiger charge is -2.13. The number of halogens is 1. The molecule has 2 N–H and O–H groups in total. The maximum atomic E-state index is 13.6. The molecule has 0 aromatic heterocycles. The molecule has 0 aliphatic rings. The molecule has 0 saturated heterocycles. The van der Waals surface area contributed by atoms with E-state index in [-0.39, 0.29) is 17.5 Å². The van der Waals surface area contributed by atoms with Crippen LogP contribution < -0.4 is 10.6 Å². The highest BCUT2D eigenvalue weighted by atomic mass is 32.2. The SMILES string of the molecule is CCCC(=O)Nc1cccc(SC(C)C(=O)Nc2ccccc2F)c1. The van der Waals surface area contributed by atoms with Crippen LogP contribution in [0.25, 0.3) is 0 Å². The third-order valence-corrected chi connectivity index (χ3v) is 4.50. The summed E-state index contributed by atoms with van der Waals surface area (Å²) in [5, 5.41) is 5.00. The fourth-order valence-electron chi connectivity index (χ4n) is 2.15. The van der Waals surface area contributed by atoms with Crippen LogP contribution in [0.1, 0.15) is 26.7 Å². The number of hydrogen-bond acceptors (Lipinski definition) is 3. The lowest BCUT2D eigenvalue weighted by atomic mass is 10.3. The van der Waals surface area contributed by atoms with Gasteiger partial charge in [0, 0.05) is 17.0 Å². The van der Waals surface area contributed by atoms with Gasteiger partial charge in [-0.1, -0.05) is 25.1 Å². The zero-order valence-corrected chi connectivity index (χ0v) is 15.0. The van der Waals surface area contributed by atoms with E-state index in [1.165, 1.54) is 23.9 Å². The van der Waals surface area contributed by atoms with Gasteiger partial charge < -0.3 is 10.6 Å². The van der Waals surface area contributed by atoms with Crippen molar-refractivity contribution in [3.63, 3.8) is 0 Å². The van der Waals surface area contributed by atoms with Crippen molar-refractivity contribution in [2.75, 3.05) is 10.6 Å². The third kappa shape index (κ3) is 5.90. The minimum absolute atomic E-state index is 0.0324. The van der Waals surface area contributed by atoms with Gasteiger partial charge in [-0.05, 0) is 43.7 Å². The number of rotatable bonds is 7. The van der Waals surface area contributed by atoms with Crippen LogP contribution in [0.4, 0.5) is 15.8 Å². The van der Waals surface area contributed by atoms with E-state index in [4.69, 9.17) is 0 Å². The fraction of sp³-hybridized carbons (Fsp3) is 0.263. The first-order valence-corrected chi connectivity index (χ1v) is 8.99. The van der Waals surface area contributed by atoms with E-state index in [2.05, 4.69) is 10.6 Å². The highest BCUT2D eigenvalue weighted by Gasteiger charge is 2.16. The van der Waals surface area contributed by atoms with Gasteiger partial charge in [-0.3, -0.25) is 9.59 Å². The molecule has 4 nitrogen and oxygen atoms in total. The summed E-state index contributed by atoms with van der Waals surface area (Å²) in [6, 6.07) is 13.4. The van der Waals surface area contributed by atoms with Gasteiger partial charge in [0.05, 0.1) is 10.9 Å². The molecule has 2 amide bonds. The van der Waals surface area contributed by atoms with Crippen molar-refractivity contribution in [2.45, 2.75) is 36.8 Å². The first-order valence-electron chi connectivity index (χ1n) is 8.11. The second kappa shape index (κ2) is 9.22. The maximum Gasteiger partial charge on any atom is 0.237 e. The van der Waals surface area contributed by atoms with Gasteiger partial charge in [-0.25, -0.2) is 4.39 Å². The topological polar surface area (TPSA) is 58.2 Å². The van der Waals surface area contributed by atoms with E-state index in [0.29, 0.717) is 12.1 Å². The van der Waals surface area contributed by atoms with Crippen molar-refractivity contribution in [1.82, 2.24) is 0 Å². The number of benzene rings is 2. The molecule has 0 spiro atoms. The Morgan fingerprint density at radius 3 is 2.60 bits per heavy atom. The lowest BCUT2D eigenvalue weighted by molar-refractivity contribution is -0.116. The fourth-order valence-corrected chi connectivity index (χ4v) is 3.08. The maximum absolute atomic E-state index is 13.6. The van der Waals surface area contributed by atoms with Crippen LogP contribution in [0.3, 0.4) is 0 Å². The second-order valence-electron chi connectivity index (χ2n) is 5.56. The quantitative estimate of drug-likeness (QED) is 0.705. The predicted molar refractivity (Wildman–Crippen MR) is 100 cm³/mol. The first-order chi connectivity index (χ1) is 12.0. The Bertz CT molecular complexity index is 752. The van der Waals surface area contributed by atoms with Crippen molar-refractivity contribution in [2.24, 2.45) is 0 Å². The summed E-state index contributed by atoms with van der Waals surface area (Å²) >= 11 is 1.35. The molecule has 0 aliphatic carbocycles. The van der Waals surface area contributed by atoms with Gasteiger partial charge in [-0.2, -0.15) is 0 Å². The third-order valence-electron chi connectivity index (χ3n) is 3.41. The van der Waals surface area contributed by atoms with Crippen molar-refractivity contribution in [3.05, 3.63) is 54.3 Å². The number of carbonyl (C=O) groups excluding carboxylic acids is 2. The molecule has 0 heterocycles. The number of para-hydroxylation sites is 1. The van der Waals surface area contributed by atoms with E-state index in [0.717, 1.165) is 11.3 Å². The van der Waals surface area contributed by atoms with Gasteiger partial charge in [0.25, 0.3) is 0 Å². The zero-order chi connectivity index (χ0) is 18.2. The van der Waals surface area contributed by atoms with Crippen molar-refractivity contribution >= 4 is 35.0 Å². The van der Waals surface area contributed by atoms with E-state index >= 15 is 0 Å². The molecule has 132 valence electrons. The molecular formula is C19H21FN2O2S. The predicted octanol–water partition coefficient (Wildman–Crippen LogP) is 4.68. The normalized spacial score (nSPS) is 11.6. The summed E-state index contributed by atoms with van der Waals surface area (Å²) in [5.41, 5.74) is 0.866. The first kappa shape index (κ1) is 19.0. The average molecular weight is 360 g/mol. The molecule has 0 bridgehead atoms. The van der Waals surface area contributed by atoms with Crippen LogP contribution in [0.2, 0.25) is 0 Å². The van der Waals surface area contributed by atoms with Crippen LogP contribution in [0, 0.1) is 5.82 Å². The van der Waals surface area contributed by atoms with E-state index in [9.17, 15) is 14.0 Å². The molecule has 1 atom stereocenters.